The monoisotopic (exact) mass is 241 g/mol. The maximum absolute atomic E-state index is 5.23. The van der Waals surface area contributed by atoms with E-state index in [0.717, 1.165) is 13.2 Å². The van der Waals surface area contributed by atoms with Crippen molar-refractivity contribution in [3.8, 4) is 0 Å². The molecule has 0 radical (unpaired) electrons. The summed E-state index contributed by atoms with van der Waals surface area (Å²) >= 11 is 1.87. The Labute approximate surface area is 103 Å². The second-order valence-corrected chi connectivity index (χ2v) is 6.09. The molecule has 1 rings (SSSR count). The third-order valence-electron chi connectivity index (χ3n) is 2.85. The summed E-state index contributed by atoms with van der Waals surface area (Å²) in [6.07, 6.45) is 0. The quantitative estimate of drug-likeness (QED) is 0.826. The minimum absolute atomic E-state index is 0.435. The van der Waals surface area contributed by atoms with Gasteiger partial charge < -0.3 is 10.1 Å². The van der Waals surface area contributed by atoms with E-state index < -0.39 is 0 Å². The SMILES string of the molecule is COCC(NCc1cc(C)sc1C)C(C)C. The van der Waals surface area contributed by atoms with Crippen LogP contribution in [0.15, 0.2) is 6.07 Å². The van der Waals surface area contributed by atoms with Crippen LogP contribution in [0.4, 0.5) is 0 Å². The number of aryl methyl sites for hydroxylation is 2. The summed E-state index contributed by atoms with van der Waals surface area (Å²) in [4.78, 5) is 2.81. The van der Waals surface area contributed by atoms with Gasteiger partial charge in [0.25, 0.3) is 0 Å². The number of thiophene rings is 1. The molecule has 0 fully saturated rings. The van der Waals surface area contributed by atoms with Gasteiger partial charge in [-0.15, -0.1) is 11.3 Å². The molecule has 0 amide bonds. The fourth-order valence-corrected chi connectivity index (χ4v) is 2.71. The average Bonchev–Trinajstić information content (AvgIpc) is 2.51. The van der Waals surface area contributed by atoms with Crippen molar-refractivity contribution in [2.75, 3.05) is 13.7 Å². The molecule has 1 aromatic rings. The first kappa shape index (κ1) is 13.7. The topological polar surface area (TPSA) is 21.3 Å². The first-order chi connectivity index (χ1) is 7.54. The normalized spacial score (nSPS) is 13.4. The fraction of sp³-hybridized carbons (Fsp3) is 0.692. The van der Waals surface area contributed by atoms with E-state index in [2.05, 4.69) is 39.1 Å². The summed E-state index contributed by atoms with van der Waals surface area (Å²) in [6, 6.07) is 2.71. The number of ether oxygens (including phenoxy) is 1. The molecule has 1 unspecified atom stereocenters. The second-order valence-electron chi connectivity index (χ2n) is 4.63. The molecule has 0 bridgehead atoms. The third-order valence-corrected chi connectivity index (χ3v) is 3.86. The summed E-state index contributed by atoms with van der Waals surface area (Å²) < 4.78 is 5.23. The van der Waals surface area contributed by atoms with E-state index in [4.69, 9.17) is 4.74 Å². The van der Waals surface area contributed by atoms with Gasteiger partial charge in [0, 0.05) is 29.5 Å². The summed E-state index contributed by atoms with van der Waals surface area (Å²) in [6.45, 7) is 10.5. The summed E-state index contributed by atoms with van der Waals surface area (Å²) in [7, 11) is 1.76. The van der Waals surface area contributed by atoms with Crippen molar-refractivity contribution < 1.29 is 4.74 Å². The zero-order valence-electron chi connectivity index (χ0n) is 11.0. The van der Waals surface area contributed by atoms with Crippen LogP contribution in [0.5, 0.6) is 0 Å². The Morgan fingerprint density at radius 1 is 1.38 bits per heavy atom. The number of hydrogen-bond donors (Lipinski definition) is 1. The van der Waals surface area contributed by atoms with Gasteiger partial charge in [0.15, 0.2) is 0 Å². The van der Waals surface area contributed by atoms with Crippen molar-refractivity contribution in [3.05, 3.63) is 21.4 Å². The van der Waals surface area contributed by atoms with Gasteiger partial charge in [0.2, 0.25) is 0 Å². The highest BCUT2D eigenvalue weighted by Gasteiger charge is 2.13. The lowest BCUT2D eigenvalue weighted by molar-refractivity contribution is 0.146. The molecular formula is C13H23NOS. The van der Waals surface area contributed by atoms with Gasteiger partial charge in [-0.3, -0.25) is 0 Å². The zero-order valence-corrected chi connectivity index (χ0v) is 11.8. The lowest BCUT2D eigenvalue weighted by Crippen LogP contribution is -2.37. The summed E-state index contributed by atoms with van der Waals surface area (Å²) in [5, 5.41) is 3.57. The molecule has 0 spiro atoms. The number of nitrogens with one attached hydrogen (secondary N) is 1. The van der Waals surface area contributed by atoms with Crippen LogP contribution >= 0.6 is 11.3 Å². The third kappa shape index (κ3) is 3.89. The predicted molar refractivity (Wildman–Crippen MR) is 71.1 cm³/mol. The van der Waals surface area contributed by atoms with Crippen molar-refractivity contribution >= 4 is 11.3 Å². The molecular weight excluding hydrogens is 218 g/mol. The highest BCUT2D eigenvalue weighted by molar-refractivity contribution is 7.12. The van der Waals surface area contributed by atoms with Crippen molar-refractivity contribution in [2.45, 2.75) is 40.3 Å². The molecule has 1 aromatic heterocycles. The van der Waals surface area contributed by atoms with Gasteiger partial charge >= 0.3 is 0 Å². The van der Waals surface area contributed by atoms with E-state index in [0.29, 0.717) is 12.0 Å². The van der Waals surface area contributed by atoms with Crippen molar-refractivity contribution in [1.29, 1.82) is 0 Å². The predicted octanol–water partition coefficient (Wildman–Crippen LogP) is 3.13. The van der Waals surface area contributed by atoms with Gasteiger partial charge in [-0.1, -0.05) is 13.8 Å². The molecule has 0 aliphatic rings. The Morgan fingerprint density at radius 3 is 2.50 bits per heavy atom. The van der Waals surface area contributed by atoms with Crippen molar-refractivity contribution in [3.63, 3.8) is 0 Å². The van der Waals surface area contributed by atoms with Crippen LogP contribution in [0.25, 0.3) is 0 Å². The molecule has 1 heterocycles. The van der Waals surface area contributed by atoms with Gasteiger partial charge in [-0.25, -0.2) is 0 Å². The number of methoxy groups -OCH3 is 1. The minimum atomic E-state index is 0.435. The molecule has 3 heteroatoms. The van der Waals surface area contributed by atoms with Crippen LogP contribution in [-0.4, -0.2) is 19.8 Å². The standard InChI is InChI=1S/C13H23NOS/c1-9(2)13(8-15-5)14-7-12-6-10(3)16-11(12)4/h6,9,13-14H,7-8H2,1-5H3. The molecule has 92 valence electrons. The molecule has 16 heavy (non-hydrogen) atoms. The van der Waals surface area contributed by atoms with E-state index in [-0.39, 0.29) is 0 Å². The van der Waals surface area contributed by atoms with E-state index in [1.807, 2.05) is 11.3 Å². The van der Waals surface area contributed by atoms with Crippen LogP contribution in [0.1, 0.15) is 29.2 Å². The molecule has 0 saturated carbocycles. The lowest BCUT2D eigenvalue weighted by Gasteiger charge is -2.21. The molecule has 0 aliphatic heterocycles. The largest absolute Gasteiger partial charge is 0.383 e. The molecule has 2 nitrogen and oxygen atoms in total. The van der Waals surface area contributed by atoms with Gasteiger partial charge in [0.05, 0.1) is 6.61 Å². The molecule has 0 aliphatic carbocycles. The Morgan fingerprint density at radius 2 is 2.06 bits per heavy atom. The maximum Gasteiger partial charge on any atom is 0.0618 e. The number of hydrogen-bond acceptors (Lipinski definition) is 3. The molecule has 1 N–H and O–H groups in total. The average molecular weight is 241 g/mol. The van der Waals surface area contributed by atoms with Crippen molar-refractivity contribution in [1.82, 2.24) is 5.32 Å². The Bertz CT molecular complexity index is 320. The second kappa shape index (κ2) is 6.38. The highest BCUT2D eigenvalue weighted by atomic mass is 32.1. The lowest BCUT2D eigenvalue weighted by atomic mass is 10.1. The fourth-order valence-electron chi connectivity index (χ4n) is 1.77. The zero-order chi connectivity index (χ0) is 12.1. The van der Waals surface area contributed by atoms with E-state index in [9.17, 15) is 0 Å². The van der Waals surface area contributed by atoms with Gasteiger partial charge in [0.1, 0.15) is 0 Å². The van der Waals surface area contributed by atoms with E-state index in [1.165, 1.54) is 15.3 Å². The maximum atomic E-state index is 5.23. The smallest absolute Gasteiger partial charge is 0.0618 e. The first-order valence-corrected chi connectivity index (χ1v) is 6.64. The molecule has 0 aromatic carbocycles. The summed E-state index contributed by atoms with van der Waals surface area (Å²) in [5.74, 6) is 0.597. The van der Waals surface area contributed by atoms with Gasteiger partial charge in [-0.2, -0.15) is 0 Å². The van der Waals surface area contributed by atoms with Gasteiger partial charge in [-0.05, 0) is 31.4 Å². The molecule has 0 saturated heterocycles. The van der Waals surface area contributed by atoms with Crippen LogP contribution in [-0.2, 0) is 11.3 Å². The van der Waals surface area contributed by atoms with E-state index in [1.54, 1.807) is 7.11 Å². The van der Waals surface area contributed by atoms with Crippen LogP contribution in [0.2, 0.25) is 0 Å². The number of rotatable bonds is 6. The van der Waals surface area contributed by atoms with Crippen LogP contribution in [0.3, 0.4) is 0 Å². The first-order valence-electron chi connectivity index (χ1n) is 5.82. The Kier molecular flexibility index (Phi) is 5.46. The van der Waals surface area contributed by atoms with Crippen molar-refractivity contribution in [2.24, 2.45) is 5.92 Å². The highest BCUT2D eigenvalue weighted by Crippen LogP contribution is 2.20. The Hall–Kier alpha value is -0.380. The van der Waals surface area contributed by atoms with E-state index >= 15 is 0 Å². The summed E-state index contributed by atoms with van der Waals surface area (Å²) in [5.41, 5.74) is 1.42. The molecule has 1 atom stereocenters. The van der Waals surface area contributed by atoms with Crippen LogP contribution < -0.4 is 5.32 Å². The Balaban J connectivity index is 2.51. The van der Waals surface area contributed by atoms with Crippen LogP contribution in [0, 0.1) is 19.8 Å². The minimum Gasteiger partial charge on any atom is -0.383 e.